The van der Waals surface area contributed by atoms with Gasteiger partial charge in [0.2, 0.25) is 0 Å². The molecule has 26 heavy (non-hydrogen) atoms. The molecule has 0 bridgehead atoms. The van der Waals surface area contributed by atoms with Crippen LogP contribution in [0.5, 0.6) is 11.5 Å². The highest BCUT2D eigenvalue weighted by Gasteiger charge is 2.42. The van der Waals surface area contributed by atoms with Gasteiger partial charge in [-0.2, -0.15) is 0 Å². The second kappa shape index (κ2) is 6.70. The maximum absolute atomic E-state index is 12.4. The molecule has 0 aliphatic carbocycles. The van der Waals surface area contributed by atoms with Gasteiger partial charge in [0.1, 0.15) is 13.2 Å². The number of ether oxygens (including phenoxy) is 2. The molecule has 1 fully saturated rings. The van der Waals surface area contributed by atoms with Crippen LogP contribution in [0.25, 0.3) is 0 Å². The zero-order chi connectivity index (χ0) is 18.9. The quantitative estimate of drug-likeness (QED) is 0.858. The Morgan fingerprint density at radius 2 is 1.96 bits per heavy atom. The number of aliphatic carboxylic acids is 1. The average molecular weight is 362 g/mol. The van der Waals surface area contributed by atoms with Crippen LogP contribution in [0.1, 0.15) is 32.8 Å². The highest BCUT2D eigenvalue weighted by atomic mass is 16.6. The van der Waals surface area contributed by atoms with Crippen LogP contribution in [0.3, 0.4) is 0 Å². The zero-order valence-corrected chi connectivity index (χ0v) is 15.5. The number of fused-ring (bicyclic) bond motifs is 1. The maximum Gasteiger partial charge on any atom is 0.317 e. The summed E-state index contributed by atoms with van der Waals surface area (Å²) < 4.78 is 11.2. The van der Waals surface area contributed by atoms with Crippen LogP contribution in [-0.2, 0) is 10.2 Å². The average Bonchev–Trinajstić information content (AvgIpc) is 3.03. The van der Waals surface area contributed by atoms with Crippen LogP contribution in [0.4, 0.5) is 4.79 Å². The lowest BCUT2D eigenvalue weighted by Crippen LogP contribution is -2.45. The normalized spacial score (nSPS) is 22.2. The molecular formula is C19H26N2O5. The molecule has 2 N–H and O–H groups in total. The fourth-order valence-electron chi connectivity index (χ4n) is 3.28. The minimum Gasteiger partial charge on any atom is -0.486 e. The molecule has 3 rings (SSSR count). The largest absolute Gasteiger partial charge is 0.486 e. The van der Waals surface area contributed by atoms with E-state index < -0.39 is 11.4 Å². The lowest BCUT2D eigenvalue weighted by molar-refractivity contribution is -0.147. The molecular weight excluding hydrogens is 336 g/mol. The van der Waals surface area contributed by atoms with Crippen molar-refractivity contribution in [1.82, 2.24) is 10.2 Å². The summed E-state index contributed by atoms with van der Waals surface area (Å²) in [5.41, 5.74) is -0.122. The van der Waals surface area contributed by atoms with Crippen LogP contribution in [-0.4, -0.2) is 54.9 Å². The van der Waals surface area contributed by atoms with Crippen molar-refractivity contribution in [2.24, 2.45) is 5.41 Å². The third-order valence-electron chi connectivity index (χ3n) is 5.28. The fourth-order valence-corrected chi connectivity index (χ4v) is 3.28. The number of rotatable bonds is 4. The van der Waals surface area contributed by atoms with E-state index in [9.17, 15) is 14.7 Å². The topological polar surface area (TPSA) is 88.1 Å². The number of nitrogens with zero attached hydrogens (tertiary/aromatic N) is 1. The molecule has 1 unspecified atom stereocenters. The Labute approximate surface area is 153 Å². The third-order valence-corrected chi connectivity index (χ3v) is 5.28. The first-order valence-corrected chi connectivity index (χ1v) is 8.88. The highest BCUT2D eigenvalue weighted by molar-refractivity contribution is 5.79. The van der Waals surface area contributed by atoms with Gasteiger partial charge in [-0.25, -0.2) is 4.79 Å². The molecule has 2 aliphatic heterocycles. The third kappa shape index (κ3) is 3.57. The molecule has 0 saturated carbocycles. The Hall–Kier alpha value is -2.44. The zero-order valence-electron chi connectivity index (χ0n) is 15.5. The minimum atomic E-state index is -0.858. The number of carbonyl (C=O) groups excluding carboxylic acids is 1. The summed E-state index contributed by atoms with van der Waals surface area (Å²) in [5.74, 6) is 0.610. The van der Waals surface area contributed by atoms with Gasteiger partial charge in [0, 0.05) is 25.0 Å². The molecule has 2 amide bonds. The Kier molecular flexibility index (Phi) is 4.73. The summed E-state index contributed by atoms with van der Waals surface area (Å²) in [7, 11) is 0. The number of amides is 2. The lowest BCUT2D eigenvalue weighted by Gasteiger charge is -2.29. The maximum atomic E-state index is 12.4. The van der Waals surface area contributed by atoms with Crippen molar-refractivity contribution in [1.29, 1.82) is 0 Å². The Morgan fingerprint density at radius 3 is 2.62 bits per heavy atom. The Bertz CT molecular complexity index is 718. The summed E-state index contributed by atoms with van der Waals surface area (Å²) in [6.45, 7) is 7.99. The van der Waals surface area contributed by atoms with Crippen molar-refractivity contribution in [3.05, 3.63) is 23.8 Å². The van der Waals surface area contributed by atoms with Gasteiger partial charge in [-0.3, -0.25) is 4.79 Å². The Morgan fingerprint density at radius 1 is 1.27 bits per heavy atom. The fraction of sp³-hybridized carbons (Fsp3) is 0.579. The van der Waals surface area contributed by atoms with Gasteiger partial charge in [-0.15, -0.1) is 0 Å². The molecule has 1 aromatic rings. The number of hydrogen-bond acceptors (Lipinski definition) is 4. The monoisotopic (exact) mass is 362 g/mol. The standard InChI is InChI=1S/C19H26N2O5/c1-18(2,13-4-5-14-15(10-13)26-9-8-25-14)11-20-17(24)21-7-6-19(3,12-21)16(22)23/h4-5,10H,6-9,11-12H2,1-3H3,(H,20,24)(H,22,23). The molecule has 1 saturated heterocycles. The predicted octanol–water partition coefficient (Wildman–Crippen LogP) is 2.24. The van der Waals surface area contributed by atoms with E-state index >= 15 is 0 Å². The van der Waals surface area contributed by atoms with E-state index in [0.29, 0.717) is 32.7 Å². The SMILES string of the molecule is CC1(C(=O)O)CCN(C(=O)NCC(C)(C)c2ccc3c(c2)OCCO3)C1. The van der Waals surface area contributed by atoms with Gasteiger partial charge < -0.3 is 24.8 Å². The van der Waals surface area contributed by atoms with E-state index in [0.717, 1.165) is 17.1 Å². The molecule has 7 heteroatoms. The van der Waals surface area contributed by atoms with Crippen LogP contribution in [0.2, 0.25) is 0 Å². The first-order chi connectivity index (χ1) is 12.2. The van der Waals surface area contributed by atoms with Crippen molar-refractivity contribution in [2.75, 3.05) is 32.8 Å². The van der Waals surface area contributed by atoms with Crippen LogP contribution in [0.15, 0.2) is 18.2 Å². The van der Waals surface area contributed by atoms with Crippen molar-refractivity contribution in [3.63, 3.8) is 0 Å². The van der Waals surface area contributed by atoms with E-state index in [2.05, 4.69) is 5.32 Å². The summed E-state index contributed by atoms with van der Waals surface area (Å²) in [6, 6.07) is 5.61. The summed E-state index contributed by atoms with van der Waals surface area (Å²) in [5, 5.41) is 12.2. The smallest absolute Gasteiger partial charge is 0.317 e. The molecule has 1 atom stereocenters. The van der Waals surface area contributed by atoms with E-state index in [1.54, 1.807) is 11.8 Å². The lowest BCUT2D eigenvalue weighted by atomic mass is 9.84. The molecule has 7 nitrogen and oxygen atoms in total. The van der Waals surface area contributed by atoms with Gasteiger partial charge in [-0.1, -0.05) is 19.9 Å². The molecule has 2 heterocycles. The summed E-state index contributed by atoms with van der Waals surface area (Å²) in [4.78, 5) is 25.4. The molecule has 142 valence electrons. The number of carboxylic acids is 1. The van der Waals surface area contributed by atoms with Crippen molar-refractivity contribution in [2.45, 2.75) is 32.6 Å². The number of benzene rings is 1. The number of nitrogens with one attached hydrogen (secondary N) is 1. The minimum absolute atomic E-state index is 0.222. The number of carboxylic acid groups (broad SMARTS) is 1. The van der Waals surface area contributed by atoms with Gasteiger partial charge >= 0.3 is 12.0 Å². The number of urea groups is 1. The van der Waals surface area contributed by atoms with E-state index in [-0.39, 0.29) is 18.0 Å². The van der Waals surface area contributed by atoms with Crippen molar-refractivity contribution >= 4 is 12.0 Å². The first-order valence-electron chi connectivity index (χ1n) is 8.88. The molecule has 0 aromatic heterocycles. The van der Waals surface area contributed by atoms with Gasteiger partial charge in [0.05, 0.1) is 5.41 Å². The first kappa shape index (κ1) is 18.4. The second-order valence-corrected chi connectivity index (χ2v) is 7.94. The predicted molar refractivity (Wildman–Crippen MR) is 95.8 cm³/mol. The van der Waals surface area contributed by atoms with Crippen LogP contribution >= 0.6 is 0 Å². The van der Waals surface area contributed by atoms with E-state index in [4.69, 9.17) is 9.47 Å². The number of carbonyl (C=O) groups is 2. The number of hydrogen-bond donors (Lipinski definition) is 2. The van der Waals surface area contributed by atoms with E-state index in [1.807, 2.05) is 32.0 Å². The van der Waals surface area contributed by atoms with Crippen LogP contribution in [0, 0.1) is 5.41 Å². The van der Waals surface area contributed by atoms with Crippen molar-refractivity contribution in [3.8, 4) is 11.5 Å². The molecule has 2 aliphatic rings. The van der Waals surface area contributed by atoms with Gasteiger partial charge in [0.25, 0.3) is 0 Å². The number of likely N-dealkylation sites (tertiary alicyclic amines) is 1. The molecule has 0 spiro atoms. The Balaban J connectivity index is 1.61. The summed E-state index contributed by atoms with van der Waals surface area (Å²) >= 11 is 0. The second-order valence-electron chi connectivity index (χ2n) is 7.94. The van der Waals surface area contributed by atoms with Gasteiger partial charge in [0.15, 0.2) is 11.5 Å². The summed E-state index contributed by atoms with van der Waals surface area (Å²) in [6.07, 6.45) is 0.474. The van der Waals surface area contributed by atoms with Gasteiger partial charge in [-0.05, 0) is 31.0 Å². The molecule has 0 radical (unpaired) electrons. The van der Waals surface area contributed by atoms with Crippen molar-refractivity contribution < 1.29 is 24.2 Å². The van der Waals surface area contributed by atoms with Crippen LogP contribution < -0.4 is 14.8 Å². The molecule has 1 aromatic carbocycles. The highest BCUT2D eigenvalue weighted by Crippen LogP contribution is 2.35. The van der Waals surface area contributed by atoms with E-state index in [1.165, 1.54) is 0 Å².